The van der Waals surface area contributed by atoms with Crippen molar-refractivity contribution in [1.29, 1.82) is 0 Å². The Kier molecular flexibility index (Phi) is 2.67. The minimum absolute atomic E-state index is 0.00905. The summed E-state index contributed by atoms with van der Waals surface area (Å²) < 4.78 is 14.4. The molecule has 0 N–H and O–H groups in total. The van der Waals surface area contributed by atoms with E-state index in [2.05, 4.69) is 4.85 Å². The second-order valence-corrected chi connectivity index (χ2v) is 3.75. The fourth-order valence-corrected chi connectivity index (χ4v) is 1.91. The molecule has 7 nitrogen and oxygen atoms in total. The third-order valence-corrected chi connectivity index (χ3v) is 2.63. The molecule has 0 aromatic heterocycles. The number of rotatable bonds is 3. The molecule has 17 heavy (non-hydrogen) atoms. The molecular formula is C9H8BNO6. The Hall–Kier alpha value is -2.17. The smallest absolute Gasteiger partial charge is 0.606 e. The van der Waals surface area contributed by atoms with Gasteiger partial charge in [-0.2, -0.15) is 0 Å². The van der Waals surface area contributed by atoms with Crippen LogP contribution >= 0.6 is 0 Å². The molecule has 0 spiro atoms. The van der Waals surface area contributed by atoms with E-state index in [9.17, 15) is 14.4 Å². The zero-order chi connectivity index (χ0) is 12.5. The van der Waals surface area contributed by atoms with Crippen LogP contribution in [0.3, 0.4) is 0 Å². The Morgan fingerprint density at radius 3 is 2.53 bits per heavy atom. The molecule has 0 radical (unpaired) electrons. The third-order valence-electron chi connectivity index (χ3n) is 2.63. The van der Waals surface area contributed by atoms with Gasteiger partial charge >= 0.3 is 18.5 Å². The highest BCUT2D eigenvalue weighted by Gasteiger charge is 2.71. The first-order chi connectivity index (χ1) is 8.08. The Morgan fingerprint density at radius 2 is 2.00 bits per heavy atom. The fraction of sp³-hybridized carbons (Fsp3) is 0.444. The maximum atomic E-state index is 11.7. The summed E-state index contributed by atoms with van der Waals surface area (Å²) in [6.45, 7) is 3.70. The predicted octanol–water partition coefficient (Wildman–Crippen LogP) is 0.0737. The van der Waals surface area contributed by atoms with Crippen LogP contribution < -0.4 is 0 Å². The number of nitrogens with zero attached hydrogens (tertiary/aromatic N) is 1. The van der Waals surface area contributed by atoms with Crippen molar-refractivity contribution in [3.05, 3.63) is 17.2 Å². The summed E-state index contributed by atoms with van der Waals surface area (Å²) >= 11 is 0. The molecule has 2 fully saturated rings. The molecule has 2 aliphatic heterocycles. The third kappa shape index (κ3) is 1.80. The fourth-order valence-electron chi connectivity index (χ4n) is 1.91. The van der Waals surface area contributed by atoms with Crippen molar-refractivity contribution < 1.29 is 28.4 Å². The van der Waals surface area contributed by atoms with Crippen molar-refractivity contribution in [3.8, 4) is 0 Å². The van der Waals surface area contributed by atoms with Gasteiger partial charge in [0.15, 0.2) is 6.61 Å². The van der Waals surface area contributed by atoms with Crippen LogP contribution in [0.5, 0.6) is 0 Å². The van der Waals surface area contributed by atoms with Crippen LogP contribution in [0.2, 0.25) is 0 Å². The molecule has 0 aliphatic carbocycles. The van der Waals surface area contributed by atoms with Crippen LogP contribution in [0.4, 0.5) is 4.79 Å². The first-order valence-corrected chi connectivity index (χ1v) is 5.02. The number of carbonyl (C=O) groups excluding carboxylic acids is 3. The zero-order valence-corrected chi connectivity index (χ0v) is 8.80. The van der Waals surface area contributed by atoms with Crippen molar-refractivity contribution in [2.24, 2.45) is 0 Å². The summed E-state index contributed by atoms with van der Waals surface area (Å²) in [7, 11) is 0. The molecule has 2 saturated heterocycles. The number of fused-ring (bicyclic) bond motifs is 1. The first kappa shape index (κ1) is 11.3. The SMILES string of the molecule is [C-]#[N+]CCOC(=O)[B-]12OC(=O)C[C+]1CC(=O)O2. The van der Waals surface area contributed by atoms with E-state index in [-0.39, 0.29) is 26.0 Å². The normalized spacial score (nSPS) is 20.3. The van der Waals surface area contributed by atoms with Crippen molar-refractivity contribution >= 4 is 24.4 Å². The van der Waals surface area contributed by atoms with Crippen molar-refractivity contribution in [3.63, 3.8) is 0 Å². The monoisotopic (exact) mass is 237 g/mol. The van der Waals surface area contributed by atoms with Crippen molar-refractivity contribution in [2.75, 3.05) is 13.2 Å². The zero-order valence-electron chi connectivity index (χ0n) is 8.80. The summed E-state index contributed by atoms with van der Waals surface area (Å²) in [4.78, 5) is 37.0. The molecule has 2 aliphatic rings. The standard InChI is InChI=1S/C9H8BNO6/c1-11-2-3-15-9(14)10-6(4-7(12)16-10)5-8(13)17-10/h2-5H2. The molecule has 0 saturated carbocycles. The number of carbonyl (C=O) groups is 3. The average molecular weight is 237 g/mol. The summed E-state index contributed by atoms with van der Waals surface area (Å²) in [5, 5.41) is 0. The van der Waals surface area contributed by atoms with Gasteiger partial charge in [-0.05, 0) is 0 Å². The molecule has 88 valence electrons. The van der Waals surface area contributed by atoms with Crippen LogP contribution in [0, 0.1) is 12.4 Å². The van der Waals surface area contributed by atoms with Gasteiger partial charge in [-0.1, -0.05) is 0 Å². The van der Waals surface area contributed by atoms with E-state index < -0.39 is 24.4 Å². The molecule has 0 aromatic rings. The van der Waals surface area contributed by atoms with E-state index in [0.29, 0.717) is 5.82 Å². The lowest BCUT2D eigenvalue weighted by molar-refractivity contribution is -0.138. The van der Waals surface area contributed by atoms with Gasteiger partial charge in [0.2, 0.25) is 6.54 Å². The van der Waals surface area contributed by atoms with E-state index in [1.54, 1.807) is 0 Å². The maximum Gasteiger partial charge on any atom is 0.662 e. The highest BCUT2D eigenvalue weighted by molar-refractivity contribution is 7.03. The van der Waals surface area contributed by atoms with Crippen LogP contribution in [0.25, 0.3) is 4.85 Å². The summed E-state index contributed by atoms with van der Waals surface area (Å²) in [6.07, 6.45) is -0.187. The Labute approximate surface area is 96.8 Å². The van der Waals surface area contributed by atoms with Gasteiger partial charge in [0.25, 0.3) is 5.87 Å². The van der Waals surface area contributed by atoms with Crippen LogP contribution in [0.1, 0.15) is 12.8 Å². The minimum atomic E-state index is -2.73. The van der Waals surface area contributed by atoms with E-state index in [0.717, 1.165) is 0 Å². The first-order valence-electron chi connectivity index (χ1n) is 5.02. The number of ether oxygens (including phenoxy) is 1. The lowest BCUT2D eigenvalue weighted by Crippen LogP contribution is -2.49. The maximum absolute atomic E-state index is 11.7. The quantitative estimate of drug-likeness (QED) is 0.392. The van der Waals surface area contributed by atoms with Crippen LogP contribution in [0.15, 0.2) is 0 Å². The molecule has 0 atom stereocenters. The predicted molar refractivity (Wildman–Crippen MR) is 53.2 cm³/mol. The van der Waals surface area contributed by atoms with Crippen molar-refractivity contribution in [2.45, 2.75) is 12.8 Å². The molecule has 0 bridgehead atoms. The molecule has 0 unspecified atom stereocenters. The van der Waals surface area contributed by atoms with Crippen LogP contribution in [-0.2, 0) is 23.6 Å². The van der Waals surface area contributed by atoms with E-state index >= 15 is 0 Å². The largest absolute Gasteiger partial charge is 0.662 e. The molecule has 8 heteroatoms. The van der Waals surface area contributed by atoms with Gasteiger partial charge in [-0.25, -0.2) is 6.57 Å². The minimum Gasteiger partial charge on any atom is -0.606 e. The lowest BCUT2D eigenvalue weighted by Gasteiger charge is -2.22. The number of hydrogen-bond acceptors (Lipinski definition) is 6. The van der Waals surface area contributed by atoms with Gasteiger partial charge in [-0.3, -0.25) is 14.4 Å². The second-order valence-electron chi connectivity index (χ2n) is 3.75. The Morgan fingerprint density at radius 1 is 1.41 bits per heavy atom. The Balaban J connectivity index is 2.10. The topological polar surface area (TPSA) is 83.3 Å². The van der Waals surface area contributed by atoms with E-state index in [1.807, 2.05) is 0 Å². The molecular weight excluding hydrogens is 229 g/mol. The number of hydrogen-bond donors (Lipinski definition) is 0. The molecule has 0 amide bonds. The van der Waals surface area contributed by atoms with E-state index in [1.165, 1.54) is 0 Å². The lowest BCUT2D eigenvalue weighted by atomic mass is 9.49. The van der Waals surface area contributed by atoms with Gasteiger partial charge in [0, 0.05) is 5.82 Å². The summed E-state index contributed by atoms with van der Waals surface area (Å²) in [5.74, 6) is -1.77. The molecule has 0 aromatic carbocycles. The van der Waals surface area contributed by atoms with Gasteiger partial charge in [-0.15, -0.1) is 0 Å². The molecule has 2 rings (SSSR count). The average Bonchev–Trinajstić information content (AvgIpc) is 2.70. The van der Waals surface area contributed by atoms with E-state index in [4.69, 9.17) is 20.6 Å². The second kappa shape index (κ2) is 4.01. The Bertz CT molecular complexity index is 408. The van der Waals surface area contributed by atoms with Crippen molar-refractivity contribution in [1.82, 2.24) is 0 Å². The highest BCUT2D eigenvalue weighted by Crippen LogP contribution is 2.41. The van der Waals surface area contributed by atoms with Crippen LogP contribution in [-0.4, -0.2) is 37.5 Å². The summed E-state index contributed by atoms with van der Waals surface area (Å²) in [5.41, 5.74) is 0. The molecule has 2 heterocycles. The summed E-state index contributed by atoms with van der Waals surface area (Å²) in [6, 6.07) is 0. The van der Waals surface area contributed by atoms with Gasteiger partial charge in [0.05, 0.1) is 0 Å². The van der Waals surface area contributed by atoms with Gasteiger partial charge in [0.1, 0.15) is 12.8 Å². The highest BCUT2D eigenvalue weighted by atomic mass is 16.7. The van der Waals surface area contributed by atoms with Gasteiger partial charge < -0.3 is 18.9 Å².